The third-order valence-corrected chi connectivity index (χ3v) is 3.63. The number of hydrogen-bond acceptors (Lipinski definition) is 5. The zero-order chi connectivity index (χ0) is 16.4. The highest BCUT2D eigenvalue weighted by atomic mass is 16.2. The molecule has 3 aromatic rings. The van der Waals surface area contributed by atoms with E-state index in [1.54, 1.807) is 18.5 Å². The highest BCUT2D eigenvalue weighted by molar-refractivity contribution is 5.90. The van der Waals surface area contributed by atoms with Crippen molar-refractivity contribution in [2.75, 3.05) is 6.54 Å². The number of amides is 1. The van der Waals surface area contributed by atoms with Crippen LogP contribution in [0.2, 0.25) is 0 Å². The molecule has 0 fully saturated rings. The number of rotatable bonds is 5. The highest BCUT2D eigenvalue weighted by Crippen LogP contribution is 2.13. The van der Waals surface area contributed by atoms with Crippen LogP contribution < -0.4 is 5.32 Å². The van der Waals surface area contributed by atoms with E-state index in [2.05, 4.69) is 32.4 Å². The summed E-state index contributed by atoms with van der Waals surface area (Å²) in [6.07, 6.45) is 4.10. The lowest BCUT2D eigenvalue weighted by Crippen LogP contribution is -2.27. The van der Waals surface area contributed by atoms with Crippen LogP contribution in [0, 0.1) is 13.8 Å². The average molecular weight is 313 g/mol. The van der Waals surface area contributed by atoms with Crippen LogP contribution in [-0.2, 0) is 0 Å². The lowest BCUT2D eigenvalue weighted by Gasteiger charge is -2.14. The van der Waals surface area contributed by atoms with Gasteiger partial charge in [-0.3, -0.25) is 9.48 Å². The Kier molecular flexibility index (Phi) is 4.05. The van der Waals surface area contributed by atoms with Crippen molar-refractivity contribution in [3.05, 3.63) is 41.7 Å². The topological polar surface area (TPSA) is 90.0 Å². The number of hydrogen-bond donors (Lipinski definition) is 1. The molecule has 0 aromatic carbocycles. The van der Waals surface area contributed by atoms with Crippen molar-refractivity contribution in [1.29, 1.82) is 0 Å². The normalized spacial score (nSPS) is 12.5. The molecular weight excluding hydrogens is 294 g/mol. The molecule has 0 radical (unpaired) electrons. The summed E-state index contributed by atoms with van der Waals surface area (Å²) in [6.45, 7) is 6.61. The van der Waals surface area contributed by atoms with E-state index in [4.69, 9.17) is 0 Å². The number of nitrogens with zero attached hydrogens (tertiary/aromatic N) is 6. The van der Waals surface area contributed by atoms with Crippen molar-refractivity contribution >= 4 is 11.7 Å². The van der Waals surface area contributed by atoms with Gasteiger partial charge in [-0.15, -0.1) is 5.10 Å². The minimum atomic E-state index is -0.295. The summed E-state index contributed by atoms with van der Waals surface area (Å²) in [7, 11) is 0. The summed E-state index contributed by atoms with van der Waals surface area (Å²) in [5, 5.41) is 11.4. The standard InChI is InChI=1S/C15H19N7O/c1-10-9-12(3)22(19-10)11(2)5-7-16-14(23)13-18-15-17-6-4-8-21(15)20-13/h4,6,8-9,11H,5,7H2,1-3H3,(H,16,23). The summed E-state index contributed by atoms with van der Waals surface area (Å²) in [4.78, 5) is 20.2. The predicted molar refractivity (Wildman–Crippen MR) is 84.1 cm³/mol. The summed E-state index contributed by atoms with van der Waals surface area (Å²) < 4.78 is 3.46. The van der Waals surface area contributed by atoms with Crippen LogP contribution in [0.4, 0.5) is 0 Å². The Labute approximate surface area is 133 Å². The Balaban J connectivity index is 1.57. The first kappa shape index (κ1) is 15.1. The molecular formula is C15H19N7O. The van der Waals surface area contributed by atoms with Crippen molar-refractivity contribution in [2.45, 2.75) is 33.2 Å². The maximum atomic E-state index is 12.1. The van der Waals surface area contributed by atoms with Crippen molar-refractivity contribution < 1.29 is 4.79 Å². The van der Waals surface area contributed by atoms with E-state index in [1.165, 1.54) is 4.52 Å². The van der Waals surface area contributed by atoms with E-state index in [-0.39, 0.29) is 17.8 Å². The summed E-state index contributed by atoms with van der Waals surface area (Å²) in [6, 6.07) is 3.99. The first-order chi connectivity index (χ1) is 11.0. The van der Waals surface area contributed by atoms with Gasteiger partial charge < -0.3 is 5.32 Å². The molecule has 3 heterocycles. The van der Waals surface area contributed by atoms with Crippen molar-refractivity contribution in [1.82, 2.24) is 34.7 Å². The fourth-order valence-corrected chi connectivity index (χ4v) is 2.52. The molecule has 0 aliphatic rings. The molecule has 3 rings (SSSR count). The molecule has 0 spiro atoms. The van der Waals surface area contributed by atoms with Crippen LogP contribution in [0.3, 0.4) is 0 Å². The van der Waals surface area contributed by atoms with Crippen LogP contribution in [0.15, 0.2) is 24.5 Å². The quantitative estimate of drug-likeness (QED) is 0.767. The molecule has 1 unspecified atom stereocenters. The van der Waals surface area contributed by atoms with Gasteiger partial charge >= 0.3 is 0 Å². The summed E-state index contributed by atoms with van der Waals surface area (Å²) in [5.41, 5.74) is 2.12. The SMILES string of the molecule is Cc1cc(C)n(C(C)CCNC(=O)c2nc3ncccn3n2)n1. The second-order valence-corrected chi connectivity index (χ2v) is 5.56. The Morgan fingerprint density at radius 2 is 2.17 bits per heavy atom. The van der Waals surface area contributed by atoms with Gasteiger partial charge in [0.1, 0.15) is 0 Å². The zero-order valence-electron chi connectivity index (χ0n) is 13.4. The van der Waals surface area contributed by atoms with Gasteiger partial charge in [-0.25, -0.2) is 9.50 Å². The van der Waals surface area contributed by atoms with Gasteiger partial charge in [0.2, 0.25) is 5.82 Å². The van der Waals surface area contributed by atoms with Gasteiger partial charge in [0, 0.05) is 24.6 Å². The molecule has 8 heteroatoms. The minimum Gasteiger partial charge on any atom is -0.349 e. The molecule has 0 saturated carbocycles. The minimum absolute atomic E-state index is 0.127. The molecule has 3 aromatic heterocycles. The number of carbonyl (C=O) groups is 1. The molecule has 8 nitrogen and oxygen atoms in total. The van der Waals surface area contributed by atoms with Gasteiger partial charge in [0.25, 0.3) is 11.7 Å². The molecule has 0 bridgehead atoms. The van der Waals surface area contributed by atoms with Crippen LogP contribution in [0.25, 0.3) is 5.78 Å². The number of fused-ring (bicyclic) bond motifs is 1. The summed E-state index contributed by atoms with van der Waals surface area (Å²) in [5.74, 6) is 0.243. The first-order valence-electron chi connectivity index (χ1n) is 7.53. The number of aryl methyl sites for hydroxylation is 2. The second kappa shape index (κ2) is 6.15. The predicted octanol–water partition coefficient (Wildman–Crippen LogP) is 1.32. The van der Waals surface area contributed by atoms with Crippen molar-refractivity contribution in [3.63, 3.8) is 0 Å². The van der Waals surface area contributed by atoms with Crippen LogP contribution in [0.1, 0.15) is 41.4 Å². The first-order valence-corrected chi connectivity index (χ1v) is 7.53. The smallest absolute Gasteiger partial charge is 0.291 e. The lowest BCUT2D eigenvalue weighted by atomic mass is 10.2. The van der Waals surface area contributed by atoms with Gasteiger partial charge in [-0.2, -0.15) is 10.1 Å². The maximum Gasteiger partial charge on any atom is 0.291 e. The Morgan fingerprint density at radius 1 is 1.35 bits per heavy atom. The average Bonchev–Trinajstić information content (AvgIpc) is 3.09. The largest absolute Gasteiger partial charge is 0.349 e. The monoisotopic (exact) mass is 313 g/mol. The van der Waals surface area contributed by atoms with Crippen LogP contribution >= 0.6 is 0 Å². The Bertz CT molecular complexity index is 802. The van der Waals surface area contributed by atoms with Crippen molar-refractivity contribution in [3.8, 4) is 0 Å². The maximum absolute atomic E-state index is 12.1. The fraction of sp³-hybridized carbons (Fsp3) is 0.400. The van der Waals surface area contributed by atoms with E-state index in [0.29, 0.717) is 12.3 Å². The third kappa shape index (κ3) is 3.20. The Hall–Kier alpha value is -2.77. The molecule has 120 valence electrons. The van der Waals surface area contributed by atoms with Gasteiger partial charge in [-0.05, 0) is 39.3 Å². The van der Waals surface area contributed by atoms with E-state index in [0.717, 1.165) is 17.8 Å². The van der Waals surface area contributed by atoms with E-state index < -0.39 is 0 Å². The van der Waals surface area contributed by atoms with E-state index in [1.807, 2.05) is 24.6 Å². The molecule has 0 aliphatic carbocycles. The lowest BCUT2D eigenvalue weighted by molar-refractivity contribution is 0.0941. The van der Waals surface area contributed by atoms with E-state index in [9.17, 15) is 4.79 Å². The third-order valence-electron chi connectivity index (χ3n) is 3.63. The van der Waals surface area contributed by atoms with Crippen LogP contribution in [0.5, 0.6) is 0 Å². The Morgan fingerprint density at radius 3 is 2.87 bits per heavy atom. The molecule has 1 atom stereocenters. The number of nitrogens with one attached hydrogen (secondary N) is 1. The highest BCUT2D eigenvalue weighted by Gasteiger charge is 2.14. The van der Waals surface area contributed by atoms with Gasteiger partial charge in [0.15, 0.2) is 0 Å². The summed E-state index contributed by atoms with van der Waals surface area (Å²) >= 11 is 0. The molecule has 1 N–H and O–H groups in total. The molecule has 0 saturated heterocycles. The molecule has 0 aliphatic heterocycles. The zero-order valence-corrected chi connectivity index (χ0v) is 13.4. The van der Waals surface area contributed by atoms with Gasteiger partial charge in [0.05, 0.1) is 11.7 Å². The van der Waals surface area contributed by atoms with Gasteiger partial charge in [-0.1, -0.05) is 0 Å². The fourth-order valence-electron chi connectivity index (χ4n) is 2.52. The van der Waals surface area contributed by atoms with Crippen LogP contribution in [-0.4, -0.2) is 41.8 Å². The molecule has 23 heavy (non-hydrogen) atoms. The van der Waals surface area contributed by atoms with Crippen molar-refractivity contribution in [2.24, 2.45) is 0 Å². The molecule has 1 amide bonds. The number of aromatic nitrogens is 6. The van der Waals surface area contributed by atoms with E-state index >= 15 is 0 Å². The number of carbonyl (C=O) groups excluding carboxylic acids is 1. The second-order valence-electron chi connectivity index (χ2n) is 5.56.